The summed E-state index contributed by atoms with van der Waals surface area (Å²) in [5, 5.41) is 3.63. The summed E-state index contributed by atoms with van der Waals surface area (Å²) in [5.74, 6) is 4.53. The lowest BCUT2D eigenvalue weighted by molar-refractivity contribution is 0.356. The molecule has 2 nitrogen and oxygen atoms in total. The molecule has 3 heteroatoms. The molecule has 1 saturated heterocycles. The first kappa shape index (κ1) is 14.7. The van der Waals surface area contributed by atoms with Gasteiger partial charge in [-0.15, -0.1) is 0 Å². The van der Waals surface area contributed by atoms with E-state index in [2.05, 4.69) is 42.2 Å². The van der Waals surface area contributed by atoms with E-state index in [9.17, 15) is 0 Å². The molecule has 0 amide bonds. The highest BCUT2D eigenvalue weighted by Crippen LogP contribution is 2.34. The van der Waals surface area contributed by atoms with Gasteiger partial charge in [0.25, 0.3) is 0 Å². The van der Waals surface area contributed by atoms with E-state index in [0.29, 0.717) is 6.04 Å². The number of hydrogen-bond acceptors (Lipinski definition) is 3. The summed E-state index contributed by atoms with van der Waals surface area (Å²) >= 11 is 2.10. The van der Waals surface area contributed by atoms with Crippen LogP contribution in [0.25, 0.3) is 0 Å². The van der Waals surface area contributed by atoms with Crippen LogP contribution in [0.2, 0.25) is 0 Å². The van der Waals surface area contributed by atoms with Crippen molar-refractivity contribution in [2.24, 2.45) is 5.92 Å². The molecule has 2 rings (SSSR count). The van der Waals surface area contributed by atoms with Gasteiger partial charge in [-0.25, -0.2) is 0 Å². The van der Waals surface area contributed by atoms with Crippen molar-refractivity contribution in [3.63, 3.8) is 0 Å². The van der Waals surface area contributed by atoms with Gasteiger partial charge < -0.3 is 10.1 Å². The number of ether oxygens (including phenoxy) is 1. The molecule has 1 aromatic rings. The van der Waals surface area contributed by atoms with Crippen LogP contribution >= 0.6 is 11.8 Å². The highest BCUT2D eigenvalue weighted by molar-refractivity contribution is 7.99. The zero-order valence-electron chi connectivity index (χ0n) is 12.0. The van der Waals surface area contributed by atoms with Crippen LogP contribution in [-0.2, 0) is 0 Å². The van der Waals surface area contributed by atoms with Gasteiger partial charge in [0, 0.05) is 11.6 Å². The third-order valence-corrected chi connectivity index (χ3v) is 4.92. The molecule has 1 atom stereocenters. The van der Waals surface area contributed by atoms with Gasteiger partial charge in [-0.3, -0.25) is 0 Å². The van der Waals surface area contributed by atoms with Gasteiger partial charge in [0.2, 0.25) is 0 Å². The number of nitrogens with one attached hydrogen (secondary N) is 1. The first-order valence-corrected chi connectivity index (χ1v) is 8.44. The van der Waals surface area contributed by atoms with Gasteiger partial charge in [-0.1, -0.05) is 25.1 Å². The molecule has 106 valence electrons. The minimum absolute atomic E-state index is 0.425. The summed E-state index contributed by atoms with van der Waals surface area (Å²) < 4.78 is 5.52. The molecule has 0 aromatic heterocycles. The Morgan fingerprint density at radius 1 is 1.32 bits per heavy atom. The van der Waals surface area contributed by atoms with Crippen LogP contribution in [0.5, 0.6) is 5.75 Å². The fourth-order valence-corrected chi connectivity index (χ4v) is 4.04. The van der Waals surface area contributed by atoms with Gasteiger partial charge in [-0.05, 0) is 49.3 Å². The van der Waals surface area contributed by atoms with Crippen molar-refractivity contribution in [1.82, 2.24) is 5.32 Å². The number of benzene rings is 1. The van der Waals surface area contributed by atoms with Crippen molar-refractivity contribution in [2.75, 3.05) is 25.2 Å². The summed E-state index contributed by atoms with van der Waals surface area (Å²) in [5.41, 5.74) is 1.31. The van der Waals surface area contributed by atoms with Crippen molar-refractivity contribution in [1.29, 1.82) is 0 Å². The quantitative estimate of drug-likeness (QED) is 0.854. The average Bonchev–Trinajstić information content (AvgIpc) is 2.48. The molecule has 1 aliphatic heterocycles. The third kappa shape index (κ3) is 4.15. The lowest BCUT2D eigenvalue weighted by Gasteiger charge is -2.28. The maximum Gasteiger partial charge on any atom is 0.123 e. The van der Waals surface area contributed by atoms with E-state index in [1.165, 1.54) is 36.3 Å². The number of thioether (sulfide) groups is 1. The zero-order valence-corrected chi connectivity index (χ0v) is 12.8. The average molecular weight is 279 g/mol. The number of rotatable bonds is 6. The van der Waals surface area contributed by atoms with Crippen molar-refractivity contribution in [2.45, 2.75) is 32.2 Å². The van der Waals surface area contributed by atoms with Crippen LogP contribution in [0.4, 0.5) is 0 Å². The predicted molar refractivity (Wildman–Crippen MR) is 84.1 cm³/mol. The molecule has 1 aliphatic rings. The SMILES string of the molecule is CCNC(CC1CCSCC1)c1ccccc1OC. The molecule has 0 aliphatic carbocycles. The maximum absolute atomic E-state index is 5.52. The molecule has 0 saturated carbocycles. The van der Waals surface area contributed by atoms with Gasteiger partial charge in [0.05, 0.1) is 7.11 Å². The molecule has 1 heterocycles. The van der Waals surface area contributed by atoms with Crippen LogP contribution in [-0.4, -0.2) is 25.2 Å². The van der Waals surface area contributed by atoms with Gasteiger partial charge in [-0.2, -0.15) is 11.8 Å². The Balaban J connectivity index is 2.09. The molecule has 1 N–H and O–H groups in total. The molecule has 1 unspecified atom stereocenters. The summed E-state index contributed by atoms with van der Waals surface area (Å²) in [6, 6.07) is 8.84. The van der Waals surface area contributed by atoms with Crippen LogP contribution < -0.4 is 10.1 Å². The minimum Gasteiger partial charge on any atom is -0.496 e. The first-order chi connectivity index (χ1) is 9.35. The number of hydrogen-bond donors (Lipinski definition) is 1. The fourth-order valence-electron chi connectivity index (χ4n) is 2.84. The van der Waals surface area contributed by atoms with Crippen molar-refractivity contribution >= 4 is 11.8 Å². The van der Waals surface area contributed by atoms with E-state index < -0.39 is 0 Å². The second-order valence-corrected chi connectivity index (χ2v) is 6.37. The lowest BCUT2D eigenvalue weighted by atomic mass is 9.90. The van der Waals surface area contributed by atoms with E-state index in [1.807, 2.05) is 6.07 Å². The highest BCUT2D eigenvalue weighted by Gasteiger charge is 2.21. The Morgan fingerprint density at radius 2 is 2.05 bits per heavy atom. The second kappa shape index (κ2) is 7.81. The highest BCUT2D eigenvalue weighted by atomic mass is 32.2. The molecule has 0 bridgehead atoms. The maximum atomic E-state index is 5.52. The van der Waals surface area contributed by atoms with Crippen molar-refractivity contribution in [3.8, 4) is 5.75 Å². The number of para-hydroxylation sites is 1. The zero-order chi connectivity index (χ0) is 13.5. The molecule has 0 radical (unpaired) electrons. The van der Waals surface area contributed by atoms with Gasteiger partial charge in [0.15, 0.2) is 0 Å². The van der Waals surface area contributed by atoms with Crippen LogP contribution in [0.15, 0.2) is 24.3 Å². The van der Waals surface area contributed by atoms with E-state index in [1.54, 1.807) is 7.11 Å². The molecule has 1 fully saturated rings. The van der Waals surface area contributed by atoms with E-state index in [0.717, 1.165) is 18.2 Å². The fraction of sp³-hybridized carbons (Fsp3) is 0.625. The molecular formula is C16H25NOS. The Hall–Kier alpha value is -0.670. The summed E-state index contributed by atoms with van der Waals surface area (Å²) in [6.07, 6.45) is 3.96. The van der Waals surface area contributed by atoms with Gasteiger partial charge in [0.1, 0.15) is 5.75 Å². The minimum atomic E-state index is 0.425. The topological polar surface area (TPSA) is 21.3 Å². The Labute approximate surface area is 121 Å². The predicted octanol–water partition coefficient (Wildman–Crippen LogP) is 3.88. The Kier molecular flexibility index (Phi) is 6.05. The monoisotopic (exact) mass is 279 g/mol. The Bertz CT molecular complexity index is 377. The van der Waals surface area contributed by atoms with Crippen molar-refractivity contribution < 1.29 is 4.74 Å². The summed E-state index contributed by atoms with van der Waals surface area (Å²) in [4.78, 5) is 0. The standard InChI is InChI=1S/C16H25NOS/c1-3-17-15(12-13-8-10-19-11-9-13)14-6-4-5-7-16(14)18-2/h4-7,13,15,17H,3,8-12H2,1-2H3. The smallest absolute Gasteiger partial charge is 0.123 e. The molecular weight excluding hydrogens is 254 g/mol. The Morgan fingerprint density at radius 3 is 2.74 bits per heavy atom. The molecule has 1 aromatic carbocycles. The summed E-state index contributed by atoms with van der Waals surface area (Å²) in [6.45, 7) is 3.18. The molecule has 0 spiro atoms. The first-order valence-electron chi connectivity index (χ1n) is 7.29. The van der Waals surface area contributed by atoms with Gasteiger partial charge >= 0.3 is 0 Å². The van der Waals surface area contributed by atoms with E-state index in [4.69, 9.17) is 4.74 Å². The largest absolute Gasteiger partial charge is 0.496 e. The normalized spacial score (nSPS) is 18.2. The second-order valence-electron chi connectivity index (χ2n) is 5.14. The van der Waals surface area contributed by atoms with Crippen LogP contribution in [0.1, 0.15) is 37.8 Å². The number of methoxy groups -OCH3 is 1. The van der Waals surface area contributed by atoms with E-state index in [-0.39, 0.29) is 0 Å². The summed E-state index contributed by atoms with van der Waals surface area (Å²) in [7, 11) is 1.76. The van der Waals surface area contributed by atoms with Crippen LogP contribution in [0, 0.1) is 5.92 Å². The third-order valence-electron chi connectivity index (χ3n) is 3.87. The van der Waals surface area contributed by atoms with E-state index >= 15 is 0 Å². The molecule has 19 heavy (non-hydrogen) atoms. The lowest BCUT2D eigenvalue weighted by Crippen LogP contribution is -2.25. The van der Waals surface area contributed by atoms with Crippen molar-refractivity contribution in [3.05, 3.63) is 29.8 Å². The van der Waals surface area contributed by atoms with Crippen LogP contribution in [0.3, 0.4) is 0 Å².